The lowest BCUT2D eigenvalue weighted by Gasteiger charge is -2.10. The quantitative estimate of drug-likeness (QED) is 0.337. The van der Waals surface area contributed by atoms with Gasteiger partial charge in [-0.05, 0) is 49.4 Å². The number of nitrogens with zero attached hydrogens (tertiary/aromatic N) is 3. The van der Waals surface area contributed by atoms with Crippen LogP contribution >= 0.6 is 11.8 Å². The zero-order chi connectivity index (χ0) is 21.0. The zero-order valence-electron chi connectivity index (χ0n) is 15.6. The summed E-state index contributed by atoms with van der Waals surface area (Å²) in [5, 5.41) is 8.60. The van der Waals surface area contributed by atoms with Crippen molar-refractivity contribution >= 4 is 17.5 Å². The third kappa shape index (κ3) is 4.83. The number of carbonyl (C=O) groups excluding carboxylic acids is 1. The van der Waals surface area contributed by atoms with E-state index in [1.54, 1.807) is 37.4 Å². The Kier molecular flexibility index (Phi) is 6.32. The lowest BCUT2D eigenvalue weighted by molar-refractivity contribution is -0.0498. The minimum Gasteiger partial charge on any atom is -0.496 e. The van der Waals surface area contributed by atoms with Gasteiger partial charge in [0.2, 0.25) is 5.16 Å². The van der Waals surface area contributed by atoms with Crippen LogP contribution in [-0.4, -0.2) is 34.4 Å². The number of aromatic nitrogens is 3. The second-order valence-electron chi connectivity index (χ2n) is 5.95. The van der Waals surface area contributed by atoms with E-state index in [2.05, 4.69) is 14.9 Å². The number of carbonyl (C=O) groups is 1. The molecule has 29 heavy (non-hydrogen) atoms. The van der Waals surface area contributed by atoms with E-state index in [0.29, 0.717) is 33.6 Å². The van der Waals surface area contributed by atoms with Crippen molar-refractivity contribution in [1.29, 1.82) is 0 Å². The van der Waals surface area contributed by atoms with E-state index in [0.717, 1.165) is 5.56 Å². The van der Waals surface area contributed by atoms with Crippen LogP contribution < -0.4 is 15.3 Å². The fourth-order valence-electron chi connectivity index (χ4n) is 2.61. The highest BCUT2D eigenvalue weighted by atomic mass is 32.2. The predicted octanol–water partition coefficient (Wildman–Crippen LogP) is 3.76. The van der Waals surface area contributed by atoms with Gasteiger partial charge in [0.15, 0.2) is 11.6 Å². The maximum absolute atomic E-state index is 12.3. The molecule has 3 aromatic rings. The standard InChI is InChI=1S/C19H18F2N4O3S/c1-11(26)13-5-8-16(27-2)14(9-13)10-29-19-24-23-17(25(19)22)12-3-6-15(7-4-12)28-18(20)21/h3-9,18H,10,22H2,1-2H3. The average molecular weight is 420 g/mol. The van der Waals surface area contributed by atoms with Crippen LogP contribution in [0.25, 0.3) is 11.4 Å². The zero-order valence-corrected chi connectivity index (χ0v) is 16.5. The molecule has 0 aliphatic rings. The first kappa shape index (κ1) is 20.6. The summed E-state index contributed by atoms with van der Waals surface area (Å²) in [5.41, 5.74) is 2.01. The number of nitrogen functional groups attached to an aromatic ring is 1. The van der Waals surface area contributed by atoms with Crippen molar-refractivity contribution in [2.75, 3.05) is 13.0 Å². The smallest absolute Gasteiger partial charge is 0.387 e. The van der Waals surface area contributed by atoms with Crippen LogP contribution in [-0.2, 0) is 5.75 Å². The summed E-state index contributed by atoms with van der Waals surface area (Å²) in [6.07, 6.45) is 0. The minimum absolute atomic E-state index is 0.0394. The van der Waals surface area contributed by atoms with Crippen molar-refractivity contribution < 1.29 is 23.0 Å². The van der Waals surface area contributed by atoms with Crippen LogP contribution in [0.1, 0.15) is 22.8 Å². The average Bonchev–Trinajstić information content (AvgIpc) is 3.06. The van der Waals surface area contributed by atoms with Gasteiger partial charge in [-0.3, -0.25) is 4.79 Å². The van der Waals surface area contributed by atoms with Crippen molar-refractivity contribution in [3.8, 4) is 22.9 Å². The molecule has 0 saturated heterocycles. The SMILES string of the molecule is COc1ccc(C(C)=O)cc1CSc1nnc(-c2ccc(OC(F)F)cc2)n1N. The lowest BCUT2D eigenvalue weighted by atomic mass is 10.1. The molecule has 7 nitrogen and oxygen atoms in total. The first-order chi connectivity index (χ1) is 13.9. The number of rotatable bonds is 8. The fourth-order valence-corrected chi connectivity index (χ4v) is 3.44. The van der Waals surface area contributed by atoms with Crippen molar-refractivity contribution in [2.24, 2.45) is 0 Å². The molecule has 0 unspecified atom stereocenters. The van der Waals surface area contributed by atoms with Gasteiger partial charge < -0.3 is 15.3 Å². The van der Waals surface area contributed by atoms with E-state index < -0.39 is 6.61 Å². The summed E-state index contributed by atoms with van der Waals surface area (Å²) in [6.45, 7) is -1.39. The summed E-state index contributed by atoms with van der Waals surface area (Å²) in [6, 6.07) is 11.2. The number of Topliss-reactive ketones (excluding diaryl/α,β-unsaturated/α-hetero) is 1. The van der Waals surface area contributed by atoms with Crippen LogP contribution in [0.3, 0.4) is 0 Å². The highest BCUT2D eigenvalue weighted by molar-refractivity contribution is 7.98. The Labute approximate surface area is 169 Å². The molecule has 1 aromatic heterocycles. The molecule has 0 saturated carbocycles. The van der Waals surface area contributed by atoms with Crippen molar-refractivity contribution in [1.82, 2.24) is 14.9 Å². The predicted molar refractivity (Wildman–Crippen MR) is 105 cm³/mol. The molecule has 152 valence electrons. The number of ketones is 1. The van der Waals surface area contributed by atoms with E-state index in [1.807, 2.05) is 0 Å². The molecule has 1 heterocycles. The highest BCUT2D eigenvalue weighted by Gasteiger charge is 2.15. The maximum atomic E-state index is 12.3. The molecule has 3 rings (SSSR count). The van der Waals surface area contributed by atoms with Crippen LogP contribution in [0.5, 0.6) is 11.5 Å². The van der Waals surface area contributed by atoms with Crippen LogP contribution in [0.2, 0.25) is 0 Å². The lowest BCUT2D eigenvalue weighted by Crippen LogP contribution is -2.11. The minimum atomic E-state index is -2.89. The van der Waals surface area contributed by atoms with E-state index in [-0.39, 0.29) is 11.5 Å². The molecule has 0 spiro atoms. The van der Waals surface area contributed by atoms with Crippen LogP contribution in [0.4, 0.5) is 8.78 Å². The first-order valence-electron chi connectivity index (χ1n) is 8.45. The molecule has 0 atom stereocenters. The largest absolute Gasteiger partial charge is 0.496 e. The molecule has 0 fully saturated rings. The summed E-state index contributed by atoms with van der Waals surface area (Å²) in [5.74, 6) is 7.59. The monoisotopic (exact) mass is 420 g/mol. The maximum Gasteiger partial charge on any atom is 0.387 e. The Bertz CT molecular complexity index is 1010. The topological polar surface area (TPSA) is 92.3 Å². The molecule has 2 aromatic carbocycles. The molecule has 0 radical (unpaired) electrons. The summed E-state index contributed by atoms with van der Waals surface area (Å²) >= 11 is 1.33. The third-order valence-electron chi connectivity index (χ3n) is 4.05. The highest BCUT2D eigenvalue weighted by Crippen LogP contribution is 2.30. The fraction of sp³-hybridized carbons (Fsp3) is 0.211. The van der Waals surface area contributed by atoms with Gasteiger partial charge in [-0.15, -0.1) is 10.2 Å². The molecule has 0 aliphatic carbocycles. The second kappa shape index (κ2) is 8.91. The number of nitrogens with two attached hydrogens (primary N) is 1. The Morgan fingerprint density at radius 1 is 1.21 bits per heavy atom. The number of thioether (sulfide) groups is 1. The number of methoxy groups -OCH3 is 1. The summed E-state index contributed by atoms with van der Waals surface area (Å²) in [7, 11) is 1.56. The van der Waals surface area contributed by atoms with Crippen molar-refractivity contribution in [2.45, 2.75) is 24.4 Å². The Morgan fingerprint density at radius 3 is 2.55 bits per heavy atom. The van der Waals surface area contributed by atoms with Gasteiger partial charge in [0.05, 0.1) is 7.11 Å². The van der Waals surface area contributed by atoms with Gasteiger partial charge in [0.1, 0.15) is 11.5 Å². The molecule has 0 aliphatic heterocycles. The summed E-state index contributed by atoms with van der Waals surface area (Å²) < 4.78 is 35.5. The van der Waals surface area contributed by atoms with Crippen LogP contribution in [0.15, 0.2) is 47.6 Å². The number of benzene rings is 2. The van der Waals surface area contributed by atoms with Gasteiger partial charge in [-0.25, -0.2) is 4.68 Å². The number of alkyl halides is 2. The van der Waals surface area contributed by atoms with Crippen molar-refractivity contribution in [3.05, 3.63) is 53.6 Å². The summed E-state index contributed by atoms with van der Waals surface area (Å²) in [4.78, 5) is 11.6. The Morgan fingerprint density at radius 2 is 1.93 bits per heavy atom. The molecule has 0 bridgehead atoms. The van der Waals surface area contributed by atoms with Gasteiger partial charge in [0.25, 0.3) is 0 Å². The van der Waals surface area contributed by atoms with E-state index in [9.17, 15) is 13.6 Å². The van der Waals surface area contributed by atoms with Gasteiger partial charge in [-0.2, -0.15) is 8.78 Å². The van der Waals surface area contributed by atoms with E-state index in [1.165, 1.54) is 35.5 Å². The molecular formula is C19H18F2N4O3S. The van der Waals surface area contributed by atoms with Crippen molar-refractivity contribution in [3.63, 3.8) is 0 Å². The van der Waals surface area contributed by atoms with E-state index in [4.69, 9.17) is 10.6 Å². The molecule has 10 heteroatoms. The van der Waals surface area contributed by atoms with E-state index >= 15 is 0 Å². The van der Waals surface area contributed by atoms with Crippen LogP contribution in [0, 0.1) is 0 Å². The normalized spacial score (nSPS) is 10.9. The van der Waals surface area contributed by atoms with Gasteiger partial charge >= 0.3 is 6.61 Å². The number of hydrogen-bond donors (Lipinski definition) is 1. The second-order valence-corrected chi connectivity index (χ2v) is 6.89. The Balaban J connectivity index is 1.77. The first-order valence-corrected chi connectivity index (χ1v) is 9.44. The molecule has 0 amide bonds. The number of halogens is 2. The molecular weight excluding hydrogens is 402 g/mol. The number of hydrogen-bond acceptors (Lipinski definition) is 7. The van der Waals surface area contributed by atoms with Gasteiger partial charge in [-0.1, -0.05) is 11.8 Å². The number of ether oxygens (including phenoxy) is 2. The molecule has 2 N–H and O–H groups in total. The van der Waals surface area contributed by atoms with Gasteiger partial charge in [0, 0.05) is 22.4 Å². The third-order valence-corrected chi connectivity index (χ3v) is 5.04. The Hall–Kier alpha value is -3.14.